The van der Waals surface area contributed by atoms with Gasteiger partial charge in [-0.2, -0.15) is 4.98 Å². The van der Waals surface area contributed by atoms with E-state index in [0.717, 1.165) is 90.3 Å². The average Bonchev–Trinajstić information content (AvgIpc) is 3.55. The van der Waals surface area contributed by atoms with E-state index >= 15 is 0 Å². The first kappa shape index (κ1) is 20.4. The van der Waals surface area contributed by atoms with E-state index < -0.39 is 0 Å². The van der Waals surface area contributed by atoms with Crippen molar-refractivity contribution >= 4 is 5.91 Å². The van der Waals surface area contributed by atoms with Crippen LogP contribution in [0.25, 0.3) is 0 Å². The second-order valence-corrected chi connectivity index (χ2v) is 9.59. The van der Waals surface area contributed by atoms with Gasteiger partial charge in [-0.25, -0.2) is 0 Å². The molecule has 2 saturated heterocycles. The molecular weight excluding hydrogens is 382 g/mol. The highest BCUT2D eigenvalue weighted by Crippen LogP contribution is 2.48. The number of ether oxygens (including phenoxy) is 1. The van der Waals surface area contributed by atoms with Gasteiger partial charge in [0.25, 0.3) is 0 Å². The number of carbonyl (C=O) groups excluding carboxylic acids is 1. The standard InChI is InChI=1S/C22H35N5O3/c1-2-26-8-6-17-13-18(27-9-11-29-12-10-27)5-7-22(17,15-26)21(28)23-14-19-24-20(25-30-19)16-3-4-16/h16-18H,2-15H2,1H3,(H,23,28)/t17-,18+,22-/m1/s1. The van der Waals surface area contributed by atoms with E-state index in [1.807, 2.05) is 0 Å². The minimum Gasteiger partial charge on any atom is -0.379 e. The maximum absolute atomic E-state index is 13.6. The Balaban J connectivity index is 1.26. The van der Waals surface area contributed by atoms with Gasteiger partial charge in [0, 0.05) is 31.6 Å². The molecule has 0 bridgehead atoms. The van der Waals surface area contributed by atoms with Gasteiger partial charge in [-0.3, -0.25) is 9.69 Å². The molecular formula is C22H35N5O3. The normalized spacial score (nSPS) is 33.2. The number of piperidine rings is 1. The van der Waals surface area contributed by atoms with Crippen LogP contribution in [0.5, 0.6) is 0 Å². The van der Waals surface area contributed by atoms with Crippen molar-refractivity contribution in [3.8, 4) is 0 Å². The van der Waals surface area contributed by atoms with Crippen molar-refractivity contribution in [1.82, 2.24) is 25.3 Å². The molecule has 0 aromatic carbocycles. The van der Waals surface area contributed by atoms with Crippen molar-refractivity contribution < 1.29 is 14.1 Å². The molecule has 1 N–H and O–H groups in total. The van der Waals surface area contributed by atoms with E-state index in [1.54, 1.807) is 0 Å². The van der Waals surface area contributed by atoms with E-state index in [-0.39, 0.29) is 11.3 Å². The van der Waals surface area contributed by atoms with Gasteiger partial charge in [-0.05, 0) is 57.5 Å². The van der Waals surface area contributed by atoms with Crippen LogP contribution in [0.2, 0.25) is 0 Å². The lowest BCUT2D eigenvalue weighted by Crippen LogP contribution is -2.60. The van der Waals surface area contributed by atoms with E-state index in [1.165, 1.54) is 0 Å². The molecule has 2 aliphatic carbocycles. The van der Waals surface area contributed by atoms with E-state index in [0.29, 0.717) is 30.3 Å². The largest absolute Gasteiger partial charge is 0.379 e. The first-order valence-electron chi connectivity index (χ1n) is 11.8. The van der Waals surface area contributed by atoms with Crippen LogP contribution in [-0.2, 0) is 16.1 Å². The van der Waals surface area contributed by atoms with Gasteiger partial charge in [0.1, 0.15) is 0 Å². The Bertz CT molecular complexity index is 745. The van der Waals surface area contributed by atoms with Crippen molar-refractivity contribution in [2.24, 2.45) is 11.3 Å². The van der Waals surface area contributed by atoms with Crippen molar-refractivity contribution in [2.45, 2.75) is 64.0 Å². The Kier molecular flexibility index (Phi) is 5.82. The summed E-state index contributed by atoms with van der Waals surface area (Å²) in [6.07, 6.45) is 6.57. The molecule has 2 aliphatic heterocycles. The van der Waals surface area contributed by atoms with Crippen LogP contribution in [-0.4, -0.2) is 77.8 Å². The van der Waals surface area contributed by atoms with Crippen LogP contribution < -0.4 is 5.32 Å². The summed E-state index contributed by atoms with van der Waals surface area (Å²) in [5.41, 5.74) is -0.295. The van der Waals surface area contributed by atoms with Gasteiger partial charge in [0.05, 0.1) is 25.2 Å². The molecule has 5 rings (SSSR count). The molecule has 2 saturated carbocycles. The molecule has 0 radical (unpaired) electrons. The molecule has 8 heteroatoms. The number of aromatic nitrogens is 2. The van der Waals surface area contributed by atoms with E-state index in [2.05, 4.69) is 32.2 Å². The van der Waals surface area contributed by atoms with Gasteiger partial charge in [0.2, 0.25) is 11.8 Å². The number of nitrogens with one attached hydrogen (secondary N) is 1. The van der Waals surface area contributed by atoms with Crippen molar-refractivity contribution in [3.63, 3.8) is 0 Å². The van der Waals surface area contributed by atoms with E-state index in [4.69, 9.17) is 9.26 Å². The molecule has 8 nitrogen and oxygen atoms in total. The van der Waals surface area contributed by atoms with Crippen LogP contribution >= 0.6 is 0 Å². The fraction of sp³-hybridized carbons (Fsp3) is 0.864. The first-order valence-corrected chi connectivity index (χ1v) is 11.8. The fourth-order valence-corrected chi connectivity index (χ4v) is 5.81. The minimum absolute atomic E-state index is 0.178. The lowest BCUT2D eigenvalue weighted by atomic mass is 9.61. The molecule has 1 amide bonds. The van der Waals surface area contributed by atoms with Crippen LogP contribution in [0.1, 0.15) is 63.1 Å². The smallest absolute Gasteiger partial charge is 0.246 e. The zero-order valence-corrected chi connectivity index (χ0v) is 18.1. The maximum Gasteiger partial charge on any atom is 0.246 e. The third kappa shape index (κ3) is 4.01. The van der Waals surface area contributed by atoms with Crippen molar-refractivity contribution in [2.75, 3.05) is 45.9 Å². The molecule has 3 atom stereocenters. The molecule has 3 heterocycles. The van der Waals surface area contributed by atoms with E-state index in [9.17, 15) is 4.79 Å². The quantitative estimate of drug-likeness (QED) is 0.755. The zero-order chi connectivity index (χ0) is 20.6. The number of likely N-dealkylation sites (tertiary alicyclic amines) is 1. The summed E-state index contributed by atoms with van der Waals surface area (Å²) in [5.74, 6) is 2.41. The molecule has 0 spiro atoms. The van der Waals surface area contributed by atoms with Gasteiger partial charge in [-0.1, -0.05) is 12.1 Å². The first-order chi connectivity index (χ1) is 14.7. The Hall–Kier alpha value is -1.51. The number of morpholine rings is 1. The summed E-state index contributed by atoms with van der Waals surface area (Å²) in [4.78, 5) is 23.1. The number of amides is 1. The van der Waals surface area contributed by atoms with Crippen molar-refractivity contribution in [1.29, 1.82) is 0 Å². The second kappa shape index (κ2) is 8.55. The summed E-state index contributed by atoms with van der Waals surface area (Å²) in [6, 6.07) is 0.588. The van der Waals surface area contributed by atoms with Gasteiger partial charge >= 0.3 is 0 Å². The number of carbonyl (C=O) groups is 1. The Morgan fingerprint density at radius 2 is 2.03 bits per heavy atom. The summed E-state index contributed by atoms with van der Waals surface area (Å²) in [7, 11) is 0. The number of hydrogen-bond donors (Lipinski definition) is 1. The lowest BCUT2D eigenvalue weighted by Gasteiger charge is -2.53. The number of fused-ring (bicyclic) bond motifs is 1. The number of hydrogen-bond acceptors (Lipinski definition) is 7. The lowest BCUT2D eigenvalue weighted by molar-refractivity contribution is -0.145. The summed E-state index contributed by atoms with van der Waals surface area (Å²) < 4.78 is 10.9. The molecule has 30 heavy (non-hydrogen) atoms. The topological polar surface area (TPSA) is 83.7 Å². The highest BCUT2D eigenvalue weighted by atomic mass is 16.5. The monoisotopic (exact) mass is 417 g/mol. The third-order valence-corrected chi connectivity index (χ3v) is 7.85. The fourth-order valence-electron chi connectivity index (χ4n) is 5.81. The van der Waals surface area contributed by atoms with Gasteiger partial charge < -0.3 is 19.5 Å². The van der Waals surface area contributed by atoms with Gasteiger partial charge in [-0.15, -0.1) is 0 Å². The Morgan fingerprint density at radius 1 is 1.20 bits per heavy atom. The maximum atomic E-state index is 13.6. The minimum atomic E-state index is -0.295. The predicted octanol–water partition coefficient (Wildman–Crippen LogP) is 1.78. The summed E-state index contributed by atoms with van der Waals surface area (Å²) in [6.45, 7) is 9.23. The van der Waals surface area contributed by atoms with Crippen LogP contribution in [0.4, 0.5) is 0 Å². The van der Waals surface area contributed by atoms with Crippen LogP contribution in [0.3, 0.4) is 0 Å². The molecule has 166 valence electrons. The second-order valence-electron chi connectivity index (χ2n) is 9.59. The summed E-state index contributed by atoms with van der Waals surface area (Å²) >= 11 is 0. The molecule has 1 aromatic rings. The Morgan fingerprint density at radius 3 is 2.80 bits per heavy atom. The predicted molar refractivity (Wildman–Crippen MR) is 111 cm³/mol. The highest BCUT2D eigenvalue weighted by Gasteiger charge is 2.52. The van der Waals surface area contributed by atoms with Gasteiger partial charge in [0.15, 0.2) is 5.82 Å². The molecule has 1 aromatic heterocycles. The number of nitrogens with zero attached hydrogens (tertiary/aromatic N) is 4. The SMILES string of the molecule is CCN1CC[C@@H]2C[C@@H](N3CCOCC3)CC[C@@]2(C(=O)NCc2nc(C3CC3)no2)C1. The van der Waals surface area contributed by atoms with Crippen LogP contribution in [0.15, 0.2) is 4.52 Å². The Labute approximate surface area is 178 Å². The number of rotatable bonds is 6. The third-order valence-electron chi connectivity index (χ3n) is 7.85. The molecule has 0 unspecified atom stereocenters. The highest BCUT2D eigenvalue weighted by molar-refractivity contribution is 5.83. The van der Waals surface area contributed by atoms with Crippen molar-refractivity contribution in [3.05, 3.63) is 11.7 Å². The zero-order valence-electron chi connectivity index (χ0n) is 18.1. The van der Waals surface area contributed by atoms with Crippen LogP contribution in [0, 0.1) is 11.3 Å². The average molecular weight is 418 g/mol. The molecule has 4 fully saturated rings. The molecule has 4 aliphatic rings. The summed E-state index contributed by atoms with van der Waals surface area (Å²) in [5, 5.41) is 7.25.